The van der Waals surface area contributed by atoms with Crippen LogP contribution >= 0.6 is 0 Å². The molecule has 1 heterocycles. The molecule has 0 radical (unpaired) electrons. The van der Waals surface area contributed by atoms with Gasteiger partial charge in [-0.25, -0.2) is 0 Å². The summed E-state index contributed by atoms with van der Waals surface area (Å²) in [5.41, 5.74) is 0.279. The van der Waals surface area contributed by atoms with Crippen molar-refractivity contribution in [1.29, 1.82) is 0 Å². The highest BCUT2D eigenvalue weighted by atomic mass is 16.5. The molecule has 70 valence electrons. The van der Waals surface area contributed by atoms with Gasteiger partial charge in [0.15, 0.2) is 5.69 Å². The normalized spacial score (nSPS) is 26.5. The lowest BCUT2D eigenvalue weighted by Crippen LogP contribution is -2.46. The van der Waals surface area contributed by atoms with Gasteiger partial charge >= 0.3 is 0 Å². The molecule has 1 aromatic heterocycles. The van der Waals surface area contributed by atoms with Gasteiger partial charge < -0.3 is 14.9 Å². The van der Waals surface area contributed by atoms with Crippen LogP contribution in [-0.4, -0.2) is 28.3 Å². The maximum absolute atomic E-state index is 11.3. The number of aromatic nitrogens is 1. The minimum Gasteiger partial charge on any atom is -0.393 e. The smallest absolute Gasteiger partial charge is 0.273 e. The molecular formula is C8H10N2O3. The van der Waals surface area contributed by atoms with Crippen LogP contribution in [0.1, 0.15) is 23.3 Å². The van der Waals surface area contributed by atoms with E-state index in [4.69, 9.17) is 5.11 Å². The molecule has 0 unspecified atom stereocenters. The third kappa shape index (κ3) is 1.70. The van der Waals surface area contributed by atoms with Crippen LogP contribution in [-0.2, 0) is 0 Å². The Hall–Kier alpha value is -1.36. The molecule has 0 atom stereocenters. The van der Waals surface area contributed by atoms with Crippen molar-refractivity contribution in [2.45, 2.75) is 25.0 Å². The predicted octanol–water partition coefficient (Wildman–Crippen LogP) is -0.0723. The van der Waals surface area contributed by atoms with Gasteiger partial charge in [-0.2, -0.15) is 0 Å². The number of hydrogen-bond acceptors (Lipinski definition) is 4. The van der Waals surface area contributed by atoms with Crippen molar-refractivity contribution in [2.24, 2.45) is 0 Å². The molecule has 1 aromatic rings. The van der Waals surface area contributed by atoms with Gasteiger partial charge in [0.05, 0.1) is 6.10 Å². The molecule has 0 aliphatic heterocycles. The molecule has 5 heteroatoms. The number of amides is 1. The molecule has 2 N–H and O–H groups in total. The first-order valence-corrected chi connectivity index (χ1v) is 4.15. The topological polar surface area (TPSA) is 75.4 Å². The van der Waals surface area contributed by atoms with Gasteiger partial charge in [0.25, 0.3) is 5.91 Å². The van der Waals surface area contributed by atoms with Crippen molar-refractivity contribution in [3.8, 4) is 0 Å². The van der Waals surface area contributed by atoms with Crippen LogP contribution in [0.4, 0.5) is 0 Å². The summed E-state index contributed by atoms with van der Waals surface area (Å²) < 4.78 is 4.53. The standard InChI is InChI=1S/C8H10N2O3/c11-6-3-5(4-6)9-8(12)7-1-2-13-10-7/h1-2,5-6,11H,3-4H2,(H,9,12). The third-order valence-corrected chi connectivity index (χ3v) is 2.12. The molecule has 1 fully saturated rings. The van der Waals surface area contributed by atoms with E-state index in [9.17, 15) is 4.79 Å². The zero-order chi connectivity index (χ0) is 9.26. The second-order valence-corrected chi connectivity index (χ2v) is 3.18. The number of rotatable bonds is 2. The first-order chi connectivity index (χ1) is 6.25. The predicted molar refractivity (Wildman–Crippen MR) is 43.0 cm³/mol. The summed E-state index contributed by atoms with van der Waals surface area (Å²) in [5, 5.41) is 15.2. The molecule has 1 aliphatic rings. The van der Waals surface area contributed by atoms with E-state index >= 15 is 0 Å². The van der Waals surface area contributed by atoms with Crippen LogP contribution < -0.4 is 5.32 Å². The van der Waals surface area contributed by atoms with Gasteiger partial charge in [0.2, 0.25) is 0 Å². The lowest BCUT2D eigenvalue weighted by atomic mass is 9.89. The number of carbonyl (C=O) groups is 1. The number of carbonyl (C=O) groups excluding carboxylic acids is 1. The monoisotopic (exact) mass is 182 g/mol. The van der Waals surface area contributed by atoms with Crippen LogP contribution in [0.5, 0.6) is 0 Å². The minimum atomic E-state index is -0.261. The lowest BCUT2D eigenvalue weighted by molar-refractivity contribution is 0.0559. The number of aliphatic hydroxyl groups is 1. The van der Waals surface area contributed by atoms with Gasteiger partial charge in [-0.05, 0) is 12.8 Å². The number of aliphatic hydroxyl groups excluding tert-OH is 1. The van der Waals surface area contributed by atoms with E-state index in [0.29, 0.717) is 12.8 Å². The Morgan fingerprint density at radius 3 is 3.00 bits per heavy atom. The van der Waals surface area contributed by atoms with E-state index in [1.807, 2.05) is 0 Å². The summed E-state index contributed by atoms with van der Waals surface area (Å²) in [6, 6.07) is 1.59. The highest BCUT2D eigenvalue weighted by Crippen LogP contribution is 2.19. The maximum Gasteiger partial charge on any atom is 0.273 e. The Balaban J connectivity index is 1.86. The molecule has 0 aromatic carbocycles. The zero-order valence-electron chi connectivity index (χ0n) is 6.93. The second-order valence-electron chi connectivity index (χ2n) is 3.18. The van der Waals surface area contributed by atoms with Gasteiger partial charge in [-0.1, -0.05) is 5.16 Å². The lowest BCUT2D eigenvalue weighted by Gasteiger charge is -2.31. The average molecular weight is 182 g/mol. The average Bonchev–Trinajstić information content (AvgIpc) is 2.53. The summed E-state index contributed by atoms with van der Waals surface area (Å²) in [4.78, 5) is 11.3. The zero-order valence-corrected chi connectivity index (χ0v) is 6.93. The van der Waals surface area contributed by atoms with Crippen LogP contribution in [0, 0.1) is 0 Å². The molecule has 1 amide bonds. The van der Waals surface area contributed by atoms with Gasteiger partial charge in [-0.15, -0.1) is 0 Å². The van der Waals surface area contributed by atoms with E-state index in [-0.39, 0.29) is 23.7 Å². The molecule has 1 saturated carbocycles. The van der Waals surface area contributed by atoms with Crippen LogP contribution in [0.25, 0.3) is 0 Å². The molecule has 0 saturated heterocycles. The van der Waals surface area contributed by atoms with Crippen LogP contribution in [0.15, 0.2) is 16.9 Å². The van der Waals surface area contributed by atoms with E-state index in [2.05, 4.69) is 15.0 Å². The van der Waals surface area contributed by atoms with Crippen molar-refractivity contribution >= 4 is 5.91 Å². The van der Waals surface area contributed by atoms with Crippen molar-refractivity contribution in [2.75, 3.05) is 0 Å². The molecule has 0 spiro atoms. The van der Waals surface area contributed by atoms with E-state index in [1.54, 1.807) is 0 Å². The highest BCUT2D eigenvalue weighted by molar-refractivity contribution is 5.92. The highest BCUT2D eigenvalue weighted by Gasteiger charge is 2.29. The largest absolute Gasteiger partial charge is 0.393 e. The summed E-state index contributed by atoms with van der Waals surface area (Å²) in [7, 11) is 0. The fourth-order valence-corrected chi connectivity index (χ4v) is 1.29. The van der Waals surface area contributed by atoms with Gasteiger partial charge in [-0.3, -0.25) is 4.79 Å². The van der Waals surface area contributed by atoms with Crippen molar-refractivity contribution < 1.29 is 14.4 Å². The maximum atomic E-state index is 11.3. The first-order valence-electron chi connectivity index (χ1n) is 4.15. The third-order valence-electron chi connectivity index (χ3n) is 2.12. The Bertz CT molecular complexity index is 290. The van der Waals surface area contributed by atoms with Crippen LogP contribution in [0.3, 0.4) is 0 Å². The van der Waals surface area contributed by atoms with Crippen molar-refractivity contribution in [3.63, 3.8) is 0 Å². The number of hydrogen-bond donors (Lipinski definition) is 2. The molecule has 2 rings (SSSR count). The van der Waals surface area contributed by atoms with Crippen LogP contribution in [0.2, 0.25) is 0 Å². The Kier molecular flexibility index (Phi) is 2.02. The van der Waals surface area contributed by atoms with E-state index < -0.39 is 0 Å². The summed E-state index contributed by atoms with van der Waals surface area (Å²) >= 11 is 0. The first kappa shape index (κ1) is 8.25. The number of nitrogens with one attached hydrogen (secondary N) is 1. The molecule has 0 bridgehead atoms. The fourth-order valence-electron chi connectivity index (χ4n) is 1.29. The van der Waals surface area contributed by atoms with Gasteiger partial charge in [0.1, 0.15) is 6.26 Å². The Morgan fingerprint density at radius 1 is 1.69 bits per heavy atom. The van der Waals surface area contributed by atoms with E-state index in [1.165, 1.54) is 12.3 Å². The van der Waals surface area contributed by atoms with Crippen molar-refractivity contribution in [3.05, 3.63) is 18.0 Å². The minimum absolute atomic E-state index is 0.0826. The fraction of sp³-hybridized carbons (Fsp3) is 0.500. The number of nitrogens with zero attached hydrogens (tertiary/aromatic N) is 1. The summed E-state index contributed by atoms with van der Waals surface area (Å²) in [6.07, 6.45) is 2.35. The SMILES string of the molecule is O=C(NC1CC(O)C1)c1ccon1. The molecule has 1 aliphatic carbocycles. The molecule has 5 nitrogen and oxygen atoms in total. The van der Waals surface area contributed by atoms with Crippen molar-refractivity contribution in [1.82, 2.24) is 10.5 Å². The van der Waals surface area contributed by atoms with E-state index in [0.717, 1.165) is 0 Å². The summed E-state index contributed by atoms with van der Waals surface area (Å²) in [5.74, 6) is -0.245. The Labute approximate surface area is 74.7 Å². The second kappa shape index (κ2) is 3.18. The molecular weight excluding hydrogens is 172 g/mol. The quantitative estimate of drug-likeness (QED) is 0.671. The Morgan fingerprint density at radius 2 is 2.46 bits per heavy atom. The molecule has 13 heavy (non-hydrogen) atoms. The van der Waals surface area contributed by atoms with Gasteiger partial charge in [0, 0.05) is 12.1 Å². The summed E-state index contributed by atoms with van der Waals surface area (Å²) in [6.45, 7) is 0.